The van der Waals surface area contributed by atoms with Crippen LogP contribution in [-0.2, 0) is 5.54 Å². The molecule has 1 aromatic carbocycles. The second kappa shape index (κ2) is 5.76. The van der Waals surface area contributed by atoms with Gasteiger partial charge in [0.2, 0.25) is 0 Å². The van der Waals surface area contributed by atoms with Gasteiger partial charge >= 0.3 is 6.03 Å². The molecule has 3 fully saturated rings. The number of nitrogens with one attached hydrogen (secondary N) is 1. The molecule has 24 heavy (non-hydrogen) atoms. The largest absolute Gasteiger partial charge is 0.336 e. The van der Waals surface area contributed by atoms with E-state index in [-0.39, 0.29) is 17.1 Å². The smallest absolute Gasteiger partial charge is 0.318 e. The highest BCUT2D eigenvalue weighted by Gasteiger charge is 2.52. The minimum Gasteiger partial charge on any atom is -0.336 e. The summed E-state index contributed by atoms with van der Waals surface area (Å²) in [5.74, 6) is 0.750. The molecular weight excluding hydrogens is 298 g/mol. The van der Waals surface area contributed by atoms with Crippen molar-refractivity contribution in [3.63, 3.8) is 0 Å². The molecule has 0 atom stereocenters. The minimum atomic E-state index is 0.0496. The summed E-state index contributed by atoms with van der Waals surface area (Å²) in [5.41, 5.74) is 1.56. The fourth-order valence-corrected chi connectivity index (χ4v) is 4.80. The third-order valence-corrected chi connectivity index (χ3v) is 6.70. The molecule has 1 saturated heterocycles. The highest BCUT2D eigenvalue weighted by Crippen LogP contribution is 2.48. The van der Waals surface area contributed by atoms with Gasteiger partial charge in [0.15, 0.2) is 0 Å². The first-order chi connectivity index (χ1) is 11.6. The van der Waals surface area contributed by atoms with Gasteiger partial charge in [-0.3, -0.25) is 4.90 Å². The maximum atomic E-state index is 12.4. The van der Waals surface area contributed by atoms with Crippen molar-refractivity contribution in [3.05, 3.63) is 35.9 Å². The van der Waals surface area contributed by atoms with E-state index in [1.165, 1.54) is 18.4 Å². The molecule has 0 aromatic heterocycles. The number of carbonyl (C=O) groups excluding carboxylic acids is 1. The second-order valence-corrected chi connectivity index (χ2v) is 8.23. The summed E-state index contributed by atoms with van der Waals surface area (Å²) >= 11 is 0. The molecule has 3 aliphatic rings. The van der Waals surface area contributed by atoms with Gasteiger partial charge in [-0.05, 0) is 64.1 Å². The Morgan fingerprint density at radius 2 is 1.79 bits per heavy atom. The van der Waals surface area contributed by atoms with Crippen LogP contribution >= 0.6 is 0 Å². The van der Waals surface area contributed by atoms with Gasteiger partial charge in [-0.1, -0.05) is 30.3 Å². The van der Waals surface area contributed by atoms with Crippen LogP contribution in [-0.4, -0.2) is 48.6 Å². The Kier molecular flexibility index (Phi) is 3.83. The van der Waals surface area contributed by atoms with Gasteiger partial charge in [-0.25, -0.2) is 4.79 Å². The third-order valence-electron chi connectivity index (χ3n) is 6.70. The lowest BCUT2D eigenvalue weighted by atomic mass is 9.68. The Morgan fingerprint density at radius 1 is 1.12 bits per heavy atom. The molecule has 2 amide bonds. The lowest BCUT2D eigenvalue weighted by molar-refractivity contribution is 0.0247. The van der Waals surface area contributed by atoms with Crippen LogP contribution in [0, 0.1) is 5.92 Å². The Balaban J connectivity index is 1.57. The van der Waals surface area contributed by atoms with Crippen molar-refractivity contribution in [1.29, 1.82) is 0 Å². The Hall–Kier alpha value is -1.55. The van der Waals surface area contributed by atoms with E-state index in [0.29, 0.717) is 0 Å². The standard InChI is InChI=1S/C20H29N3O/c1-22(2)20(17-6-4-3-5-7-17)12-10-19(11-13-20)15-21-18(24)23(19)14-16-8-9-16/h3-7,16H,8-15H2,1-2H3,(H,21,24)/t19-,20-. The van der Waals surface area contributed by atoms with Crippen molar-refractivity contribution >= 4 is 6.03 Å². The monoisotopic (exact) mass is 327 g/mol. The van der Waals surface area contributed by atoms with E-state index in [0.717, 1.165) is 44.7 Å². The first kappa shape index (κ1) is 15.9. The summed E-state index contributed by atoms with van der Waals surface area (Å²) in [6.07, 6.45) is 6.99. The first-order valence-electron chi connectivity index (χ1n) is 9.34. The van der Waals surface area contributed by atoms with E-state index >= 15 is 0 Å². The van der Waals surface area contributed by atoms with Gasteiger partial charge in [0, 0.05) is 18.6 Å². The van der Waals surface area contributed by atoms with Crippen LogP contribution in [0.3, 0.4) is 0 Å². The fraction of sp³-hybridized carbons (Fsp3) is 0.650. The zero-order valence-electron chi connectivity index (χ0n) is 14.9. The van der Waals surface area contributed by atoms with Gasteiger partial charge in [-0.15, -0.1) is 0 Å². The quantitative estimate of drug-likeness (QED) is 0.922. The molecule has 0 bridgehead atoms. The SMILES string of the molecule is CN(C)[C@]1(c2ccccc2)CC[C@@]2(CC1)CNC(=O)N2CC1CC1. The summed E-state index contributed by atoms with van der Waals surface area (Å²) < 4.78 is 0. The Morgan fingerprint density at radius 3 is 2.38 bits per heavy atom. The van der Waals surface area contributed by atoms with Crippen molar-refractivity contribution in [1.82, 2.24) is 15.1 Å². The summed E-state index contributed by atoms with van der Waals surface area (Å²) in [7, 11) is 4.40. The number of carbonyl (C=O) groups is 1. The topological polar surface area (TPSA) is 35.6 Å². The molecule has 4 nitrogen and oxygen atoms in total. The predicted molar refractivity (Wildman–Crippen MR) is 95.8 cm³/mol. The zero-order valence-corrected chi connectivity index (χ0v) is 14.9. The molecule has 1 spiro atoms. The molecule has 4 heteroatoms. The number of urea groups is 1. The van der Waals surface area contributed by atoms with Crippen LogP contribution in [0.4, 0.5) is 4.79 Å². The molecule has 1 aliphatic heterocycles. The average molecular weight is 327 g/mol. The first-order valence-corrected chi connectivity index (χ1v) is 9.34. The Bertz CT molecular complexity index is 601. The van der Waals surface area contributed by atoms with Crippen LogP contribution in [0.15, 0.2) is 30.3 Å². The number of hydrogen-bond donors (Lipinski definition) is 1. The highest BCUT2D eigenvalue weighted by atomic mass is 16.2. The van der Waals surface area contributed by atoms with Gasteiger partial charge in [0.1, 0.15) is 0 Å². The molecule has 4 rings (SSSR count). The van der Waals surface area contributed by atoms with Crippen molar-refractivity contribution in [2.24, 2.45) is 5.92 Å². The summed E-state index contributed by atoms with van der Waals surface area (Å²) in [6.45, 7) is 1.79. The zero-order chi connectivity index (χ0) is 16.8. The molecule has 2 aliphatic carbocycles. The molecular formula is C20H29N3O. The van der Waals surface area contributed by atoms with E-state index in [1.54, 1.807) is 0 Å². The normalized spacial score (nSPS) is 33.3. The molecule has 1 aromatic rings. The van der Waals surface area contributed by atoms with Gasteiger partial charge < -0.3 is 10.2 Å². The summed E-state index contributed by atoms with van der Waals surface area (Å²) in [4.78, 5) is 17.0. The van der Waals surface area contributed by atoms with Crippen LogP contribution < -0.4 is 5.32 Å². The van der Waals surface area contributed by atoms with Crippen molar-refractivity contribution < 1.29 is 4.79 Å². The van der Waals surface area contributed by atoms with E-state index in [9.17, 15) is 4.79 Å². The van der Waals surface area contributed by atoms with Crippen molar-refractivity contribution in [3.8, 4) is 0 Å². The Labute approximate surface area is 145 Å². The van der Waals surface area contributed by atoms with E-state index in [1.807, 2.05) is 0 Å². The highest BCUT2D eigenvalue weighted by molar-refractivity contribution is 5.78. The van der Waals surface area contributed by atoms with Crippen LogP contribution in [0.2, 0.25) is 0 Å². The third kappa shape index (κ3) is 2.52. The molecule has 130 valence electrons. The van der Waals surface area contributed by atoms with E-state index in [4.69, 9.17) is 0 Å². The minimum absolute atomic E-state index is 0.0496. The maximum absolute atomic E-state index is 12.4. The lowest BCUT2D eigenvalue weighted by Crippen LogP contribution is -2.55. The van der Waals surface area contributed by atoms with Gasteiger partial charge in [-0.2, -0.15) is 0 Å². The molecule has 1 heterocycles. The van der Waals surface area contributed by atoms with Gasteiger partial charge in [0.05, 0.1) is 5.54 Å². The fourth-order valence-electron chi connectivity index (χ4n) is 4.80. The number of rotatable bonds is 4. The predicted octanol–water partition coefficient (Wildman–Crippen LogP) is 3.19. The van der Waals surface area contributed by atoms with E-state index in [2.05, 4.69) is 59.5 Å². The summed E-state index contributed by atoms with van der Waals surface area (Å²) in [5, 5.41) is 3.13. The second-order valence-electron chi connectivity index (χ2n) is 8.23. The number of nitrogens with zero attached hydrogens (tertiary/aromatic N) is 2. The van der Waals surface area contributed by atoms with Crippen LogP contribution in [0.5, 0.6) is 0 Å². The molecule has 0 radical (unpaired) electrons. The number of amides is 2. The van der Waals surface area contributed by atoms with Gasteiger partial charge in [0.25, 0.3) is 0 Å². The number of hydrogen-bond acceptors (Lipinski definition) is 2. The van der Waals surface area contributed by atoms with Crippen LogP contribution in [0.25, 0.3) is 0 Å². The molecule has 0 unspecified atom stereocenters. The summed E-state index contributed by atoms with van der Waals surface area (Å²) in [6, 6.07) is 11.1. The van der Waals surface area contributed by atoms with Crippen molar-refractivity contribution in [2.75, 3.05) is 27.2 Å². The van der Waals surface area contributed by atoms with Crippen LogP contribution in [0.1, 0.15) is 44.1 Å². The number of benzene rings is 1. The molecule has 2 saturated carbocycles. The lowest BCUT2D eigenvalue weighted by Gasteiger charge is -2.51. The average Bonchev–Trinajstić information content (AvgIpc) is 3.38. The van der Waals surface area contributed by atoms with Crippen molar-refractivity contribution in [2.45, 2.75) is 49.6 Å². The van der Waals surface area contributed by atoms with E-state index < -0.39 is 0 Å². The maximum Gasteiger partial charge on any atom is 0.318 e. The molecule has 1 N–H and O–H groups in total.